The van der Waals surface area contributed by atoms with Crippen LogP contribution < -0.4 is 0 Å². The zero-order chi connectivity index (χ0) is 19.3. The second-order valence-electron chi connectivity index (χ2n) is 5.08. The van der Waals surface area contributed by atoms with Crippen molar-refractivity contribution in [3.05, 3.63) is 22.9 Å². The van der Waals surface area contributed by atoms with Crippen LogP contribution in [-0.4, -0.2) is 74.4 Å². The Labute approximate surface area is 184 Å². The first-order valence-electron chi connectivity index (χ1n) is 7.86. The second-order valence-corrected chi connectivity index (χ2v) is 5.08. The predicted molar refractivity (Wildman–Crippen MR) is 103 cm³/mol. The van der Waals surface area contributed by atoms with Crippen LogP contribution in [-0.2, 0) is 37.4 Å². The molecule has 2 N–H and O–H groups in total. The molecule has 0 aromatic carbocycles. The van der Waals surface area contributed by atoms with Crippen LogP contribution in [0.2, 0.25) is 0 Å². The molecule has 1 radical (unpaired) electrons. The van der Waals surface area contributed by atoms with Gasteiger partial charge in [0.25, 0.3) is 0 Å². The van der Waals surface area contributed by atoms with E-state index in [1.165, 1.54) is 0 Å². The van der Waals surface area contributed by atoms with Gasteiger partial charge in [0.05, 0.1) is 6.10 Å². The molecule has 1 heterocycles. The van der Waals surface area contributed by atoms with Gasteiger partial charge < -0.3 is 30.5 Å². The van der Waals surface area contributed by atoms with E-state index in [-0.39, 0.29) is 52.2 Å². The van der Waals surface area contributed by atoms with Gasteiger partial charge in [-0.2, -0.15) is 6.20 Å². The fourth-order valence-corrected chi connectivity index (χ4v) is 1.75. The number of terminal acetylenes is 3. The third-order valence-corrected chi connectivity index (χ3v) is 2.63. The van der Waals surface area contributed by atoms with Crippen molar-refractivity contribution in [1.82, 2.24) is 4.90 Å². The summed E-state index contributed by atoms with van der Waals surface area (Å²) < 4.78 is 5.78. The van der Waals surface area contributed by atoms with E-state index in [4.69, 9.17) is 21.4 Å². The zero-order valence-electron chi connectivity index (χ0n) is 15.7. The molecule has 1 aliphatic heterocycles. The summed E-state index contributed by atoms with van der Waals surface area (Å²) in [6.45, 7) is 1.75. The minimum atomic E-state index is -0.153. The Balaban J connectivity index is -0.000000497. The Bertz CT molecular complexity index is 436. The SMILES string of the molecule is C#CCO.C#CCO.C#CC[N-]C/C=C\[N-]C1CCC(CN(C)C)O1.[Y]. The number of aliphatic hydroxyl groups is 2. The summed E-state index contributed by atoms with van der Waals surface area (Å²) in [4.78, 5) is 2.14. The van der Waals surface area contributed by atoms with Crippen LogP contribution >= 0.6 is 0 Å². The average molecular weight is 436 g/mol. The standard InChI is InChI=1S/C13H21N3O.2C3H4O.Y/c1-4-8-14-9-5-10-15-13-7-6-12(17-13)11-16(2)3;2*1-2-3-4;/h1,5,10,12-13H,6-9,11H2,2-3H3;2*1,4H,3H2;/q-2;;;/b10-5-;;;. The van der Waals surface area contributed by atoms with Gasteiger partial charge in [-0.15, -0.1) is 37.8 Å². The van der Waals surface area contributed by atoms with E-state index >= 15 is 0 Å². The number of likely N-dealkylation sites (N-methyl/N-ethyl adjacent to an activating group) is 1. The molecule has 2 unspecified atom stereocenters. The van der Waals surface area contributed by atoms with Gasteiger partial charge in [0, 0.05) is 39.3 Å². The zero-order valence-corrected chi connectivity index (χ0v) is 18.6. The molecule has 143 valence electrons. The molecule has 1 rings (SSSR count). The van der Waals surface area contributed by atoms with E-state index in [0.29, 0.717) is 19.2 Å². The smallest absolute Gasteiger partial charge is 0.103 e. The number of hydrogen-bond donors (Lipinski definition) is 2. The Morgan fingerprint density at radius 2 is 1.69 bits per heavy atom. The molecule has 0 aromatic heterocycles. The molecule has 1 fully saturated rings. The summed E-state index contributed by atoms with van der Waals surface area (Å²) in [6, 6.07) is 0. The number of rotatable bonds is 7. The van der Waals surface area contributed by atoms with E-state index in [1.54, 1.807) is 6.20 Å². The molecule has 7 heteroatoms. The van der Waals surface area contributed by atoms with Gasteiger partial charge >= 0.3 is 0 Å². The maximum absolute atomic E-state index is 7.64. The molecule has 6 nitrogen and oxygen atoms in total. The first-order valence-corrected chi connectivity index (χ1v) is 7.86. The van der Waals surface area contributed by atoms with E-state index in [1.807, 2.05) is 17.9 Å². The van der Waals surface area contributed by atoms with Crippen molar-refractivity contribution >= 4 is 0 Å². The van der Waals surface area contributed by atoms with Gasteiger partial charge in [-0.05, 0) is 33.2 Å². The van der Waals surface area contributed by atoms with E-state index in [0.717, 1.165) is 19.4 Å². The molecule has 0 amide bonds. The van der Waals surface area contributed by atoms with E-state index in [2.05, 4.69) is 48.4 Å². The number of hydrogen-bond acceptors (Lipinski definition) is 4. The summed E-state index contributed by atoms with van der Waals surface area (Å²) in [7, 11) is 4.11. The van der Waals surface area contributed by atoms with Gasteiger partial charge in [0.1, 0.15) is 13.2 Å². The molecule has 0 aliphatic carbocycles. The van der Waals surface area contributed by atoms with Crippen molar-refractivity contribution in [2.24, 2.45) is 0 Å². The van der Waals surface area contributed by atoms with Gasteiger partial charge in [0.15, 0.2) is 0 Å². The molecule has 1 saturated heterocycles. The van der Waals surface area contributed by atoms with Gasteiger partial charge in [-0.1, -0.05) is 18.4 Å². The van der Waals surface area contributed by atoms with Crippen LogP contribution in [0, 0.1) is 37.0 Å². The fourth-order valence-electron chi connectivity index (χ4n) is 1.75. The number of nitrogens with zero attached hydrogens (tertiary/aromatic N) is 3. The third kappa shape index (κ3) is 23.1. The second kappa shape index (κ2) is 24.1. The molecule has 0 saturated carbocycles. The molecule has 1 aliphatic rings. The monoisotopic (exact) mass is 436 g/mol. The summed E-state index contributed by atoms with van der Waals surface area (Å²) in [5, 5.41) is 23.7. The fraction of sp³-hybridized carbons (Fsp3) is 0.579. The Hall–Kier alpha value is -0.876. The molecule has 2 atom stereocenters. The molecule has 0 spiro atoms. The maximum Gasteiger partial charge on any atom is 0.103 e. The van der Waals surface area contributed by atoms with E-state index in [9.17, 15) is 0 Å². The van der Waals surface area contributed by atoms with Crippen LogP contribution in [0.3, 0.4) is 0 Å². The first-order chi connectivity index (χ1) is 12.0. The van der Waals surface area contributed by atoms with Crippen molar-refractivity contribution in [3.8, 4) is 37.0 Å². The minimum absolute atomic E-state index is 0. The van der Waals surface area contributed by atoms with Crippen LogP contribution in [0.25, 0.3) is 10.6 Å². The van der Waals surface area contributed by atoms with E-state index < -0.39 is 0 Å². The molecular weight excluding hydrogens is 407 g/mol. The van der Waals surface area contributed by atoms with Crippen molar-refractivity contribution in [3.63, 3.8) is 0 Å². The minimum Gasteiger partial charge on any atom is -0.666 e. The van der Waals surface area contributed by atoms with Gasteiger partial charge in [0.2, 0.25) is 0 Å². The Morgan fingerprint density at radius 3 is 2.15 bits per heavy atom. The normalized spacial score (nSPS) is 17.5. The third-order valence-electron chi connectivity index (χ3n) is 2.63. The Morgan fingerprint density at radius 1 is 1.12 bits per heavy atom. The summed E-state index contributed by atoms with van der Waals surface area (Å²) in [6.07, 6.45) is 20.2. The maximum atomic E-state index is 7.64. The molecule has 26 heavy (non-hydrogen) atoms. The van der Waals surface area contributed by atoms with Crippen LogP contribution in [0.1, 0.15) is 12.8 Å². The topological polar surface area (TPSA) is 81.1 Å². The summed E-state index contributed by atoms with van der Waals surface area (Å²) in [5.74, 6) is 6.44. The molecular formula is C19H29N3O3Y-2. The Kier molecular flexibility index (Phi) is 27.7. The number of ether oxygens (including phenoxy) is 1. The van der Waals surface area contributed by atoms with Crippen LogP contribution in [0.15, 0.2) is 12.3 Å². The quantitative estimate of drug-likeness (QED) is 0.464. The van der Waals surface area contributed by atoms with Gasteiger partial charge in [-0.25, -0.2) is 0 Å². The van der Waals surface area contributed by atoms with Gasteiger partial charge in [-0.3, -0.25) is 0 Å². The van der Waals surface area contributed by atoms with Crippen molar-refractivity contribution in [2.45, 2.75) is 25.2 Å². The number of aliphatic hydroxyl groups excluding tert-OH is 2. The molecule has 0 aromatic rings. The summed E-state index contributed by atoms with van der Waals surface area (Å²) >= 11 is 0. The van der Waals surface area contributed by atoms with Crippen molar-refractivity contribution < 1.29 is 47.7 Å². The first kappa shape index (κ1) is 29.9. The average Bonchev–Trinajstić information content (AvgIpc) is 3.05. The molecule has 0 bridgehead atoms. The van der Waals surface area contributed by atoms with Crippen molar-refractivity contribution in [2.75, 3.05) is 46.9 Å². The predicted octanol–water partition coefficient (Wildman–Crippen LogP) is 1.17. The van der Waals surface area contributed by atoms with Crippen LogP contribution in [0.4, 0.5) is 0 Å². The van der Waals surface area contributed by atoms with Crippen LogP contribution in [0.5, 0.6) is 0 Å². The largest absolute Gasteiger partial charge is 0.666 e. The van der Waals surface area contributed by atoms with Crippen molar-refractivity contribution in [1.29, 1.82) is 0 Å². The summed E-state index contributed by atoms with van der Waals surface area (Å²) in [5.41, 5.74) is 0.